The van der Waals surface area contributed by atoms with Gasteiger partial charge in [0.25, 0.3) is 5.91 Å². The molecule has 144 valence electrons. The molecule has 0 spiro atoms. The van der Waals surface area contributed by atoms with Crippen molar-refractivity contribution in [3.05, 3.63) is 53.9 Å². The number of anilines is 1. The maximum absolute atomic E-state index is 12.5. The Hall–Kier alpha value is -2.47. The Morgan fingerprint density at radius 2 is 1.96 bits per heavy atom. The van der Waals surface area contributed by atoms with Crippen molar-refractivity contribution in [1.82, 2.24) is 20.2 Å². The van der Waals surface area contributed by atoms with Crippen molar-refractivity contribution in [2.75, 3.05) is 25.0 Å². The van der Waals surface area contributed by atoms with Gasteiger partial charge >= 0.3 is 0 Å². The number of nitrogens with zero attached hydrogens (tertiary/aromatic N) is 3. The zero-order valence-electron chi connectivity index (χ0n) is 16.2. The van der Waals surface area contributed by atoms with Gasteiger partial charge in [0.1, 0.15) is 0 Å². The minimum atomic E-state index is -0.0963. The first-order valence-corrected chi connectivity index (χ1v) is 9.76. The SMILES string of the molecule is CC(C)Nc1ncc(C(=O)N[C@H]2CCCN(CCc3ccccc3)C2)cn1. The Bertz CT molecular complexity index is 717. The molecule has 0 bridgehead atoms. The normalized spacial score (nSPS) is 17.7. The molecule has 1 aromatic heterocycles. The fourth-order valence-electron chi connectivity index (χ4n) is 3.36. The van der Waals surface area contributed by atoms with Crippen molar-refractivity contribution in [3.63, 3.8) is 0 Å². The summed E-state index contributed by atoms with van der Waals surface area (Å²) in [6.07, 6.45) is 6.33. The third-order valence-corrected chi connectivity index (χ3v) is 4.73. The van der Waals surface area contributed by atoms with Crippen LogP contribution in [0.1, 0.15) is 42.6 Å². The number of amides is 1. The van der Waals surface area contributed by atoms with Gasteiger partial charge < -0.3 is 15.5 Å². The molecule has 0 aliphatic carbocycles. The van der Waals surface area contributed by atoms with Crippen LogP contribution in [0.15, 0.2) is 42.7 Å². The summed E-state index contributed by atoms with van der Waals surface area (Å²) in [5.74, 6) is 0.451. The number of likely N-dealkylation sites (tertiary alicyclic amines) is 1. The number of hydrogen-bond acceptors (Lipinski definition) is 5. The predicted octanol–water partition coefficient (Wildman–Crippen LogP) is 2.73. The lowest BCUT2D eigenvalue weighted by Gasteiger charge is -2.33. The molecule has 1 saturated heterocycles. The van der Waals surface area contributed by atoms with E-state index in [-0.39, 0.29) is 18.0 Å². The van der Waals surface area contributed by atoms with Crippen LogP contribution < -0.4 is 10.6 Å². The number of carbonyl (C=O) groups is 1. The van der Waals surface area contributed by atoms with Gasteiger partial charge in [0.05, 0.1) is 5.56 Å². The summed E-state index contributed by atoms with van der Waals surface area (Å²) in [7, 11) is 0. The summed E-state index contributed by atoms with van der Waals surface area (Å²) in [6, 6.07) is 11.0. The molecule has 2 N–H and O–H groups in total. The first-order valence-electron chi connectivity index (χ1n) is 9.76. The quantitative estimate of drug-likeness (QED) is 0.787. The van der Waals surface area contributed by atoms with Gasteiger partial charge in [-0.05, 0) is 45.2 Å². The number of rotatable bonds is 7. The molecule has 1 atom stereocenters. The Kier molecular flexibility index (Phi) is 6.76. The van der Waals surface area contributed by atoms with Crippen LogP contribution in [0.2, 0.25) is 0 Å². The third-order valence-electron chi connectivity index (χ3n) is 4.73. The highest BCUT2D eigenvalue weighted by Crippen LogP contribution is 2.12. The number of nitrogens with one attached hydrogen (secondary N) is 2. The summed E-state index contributed by atoms with van der Waals surface area (Å²) < 4.78 is 0. The molecular weight excluding hydrogens is 338 g/mol. The summed E-state index contributed by atoms with van der Waals surface area (Å²) >= 11 is 0. The minimum absolute atomic E-state index is 0.0963. The molecule has 1 aromatic carbocycles. The molecule has 2 heterocycles. The van der Waals surface area contributed by atoms with Crippen LogP contribution in [0.25, 0.3) is 0 Å². The average molecular weight is 367 g/mol. The van der Waals surface area contributed by atoms with Crippen molar-refractivity contribution in [2.45, 2.75) is 45.2 Å². The van der Waals surface area contributed by atoms with Crippen molar-refractivity contribution >= 4 is 11.9 Å². The molecule has 27 heavy (non-hydrogen) atoms. The zero-order valence-corrected chi connectivity index (χ0v) is 16.2. The average Bonchev–Trinajstić information content (AvgIpc) is 2.67. The van der Waals surface area contributed by atoms with Crippen molar-refractivity contribution in [3.8, 4) is 0 Å². The van der Waals surface area contributed by atoms with Gasteiger partial charge in [-0.1, -0.05) is 30.3 Å². The number of hydrogen-bond donors (Lipinski definition) is 2. The largest absolute Gasteiger partial charge is 0.352 e. The van der Waals surface area contributed by atoms with Gasteiger partial charge in [-0.3, -0.25) is 4.79 Å². The topological polar surface area (TPSA) is 70.2 Å². The fraction of sp³-hybridized carbons (Fsp3) is 0.476. The van der Waals surface area contributed by atoms with E-state index in [1.165, 1.54) is 5.56 Å². The maximum Gasteiger partial charge on any atom is 0.254 e. The van der Waals surface area contributed by atoms with Gasteiger partial charge in [-0.25, -0.2) is 9.97 Å². The maximum atomic E-state index is 12.5. The molecule has 0 radical (unpaired) electrons. The minimum Gasteiger partial charge on any atom is -0.352 e. The molecule has 1 aliphatic heterocycles. The summed E-state index contributed by atoms with van der Waals surface area (Å²) in [6.45, 7) is 7.06. The molecule has 1 fully saturated rings. The Labute approximate surface area is 161 Å². The van der Waals surface area contributed by atoms with Gasteiger partial charge in [-0.2, -0.15) is 0 Å². The van der Waals surface area contributed by atoms with E-state index in [0.29, 0.717) is 11.5 Å². The molecule has 1 amide bonds. The molecular formula is C21H29N5O. The highest BCUT2D eigenvalue weighted by molar-refractivity contribution is 5.93. The van der Waals surface area contributed by atoms with Crippen LogP contribution in [-0.2, 0) is 6.42 Å². The third kappa shape index (κ3) is 6.03. The Morgan fingerprint density at radius 1 is 1.22 bits per heavy atom. The Balaban J connectivity index is 1.48. The van der Waals surface area contributed by atoms with Crippen molar-refractivity contribution < 1.29 is 4.79 Å². The van der Waals surface area contributed by atoms with E-state index in [4.69, 9.17) is 0 Å². The van der Waals surface area contributed by atoms with Crippen molar-refractivity contribution in [1.29, 1.82) is 0 Å². The number of aromatic nitrogens is 2. The van der Waals surface area contributed by atoms with Crippen LogP contribution in [0, 0.1) is 0 Å². The molecule has 0 unspecified atom stereocenters. The molecule has 6 nitrogen and oxygen atoms in total. The van der Waals surface area contributed by atoms with E-state index < -0.39 is 0 Å². The van der Waals surface area contributed by atoms with Gasteiger partial charge in [0, 0.05) is 37.6 Å². The zero-order chi connectivity index (χ0) is 19.1. The van der Waals surface area contributed by atoms with E-state index in [1.54, 1.807) is 12.4 Å². The summed E-state index contributed by atoms with van der Waals surface area (Å²) in [4.78, 5) is 23.4. The summed E-state index contributed by atoms with van der Waals surface area (Å²) in [5, 5.41) is 6.27. The van der Waals surface area contributed by atoms with E-state index >= 15 is 0 Å². The lowest BCUT2D eigenvalue weighted by atomic mass is 10.0. The summed E-state index contributed by atoms with van der Waals surface area (Å²) in [5.41, 5.74) is 1.86. The second kappa shape index (κ2) is 9.46. The van der Waals surface area contributed by atoms with Crippen LogP contribution in [0.3, 0.4) is 0 Å². The number of piperidine rings is 1. The predicted molar refractivity (Wildman–Crippen MR) is 108 cm³/mol. The molecule has 1 aliphatic rings. The first-order chi connectivity index (χ1) is 13.1. The van der Waals surface area contributed by atoms with E-state index in [1.807, 2.05) is 19.9 Å². The number of benzene rings is 1. The number of carbonyl (C=O) groups excluding carboxylic acids is 1. The highest BCUT2D eigenvalue weighted by Gasteiger charge is 2.22. The molecule has 3 rings (SSSR count). The molecule has 2 aromatic rings. The second-order valence-corrected chi connectivity index (χ2v) is 7.44. The molecule has 6 heteroatoms. The van der Waals surface area contributed by atoms with E-state index in [2.05, 4.69) is 49.8 Å². The van der Waals surface area contributed by atoms with Gasteiger partial charge in [-0.15, -0.1) is 0 Å². The lowest BCUT2D eigenvalue weighted by molar-refractivity contribution is 0.0903. The standard InChI is InChI=1S/C21H29N5O/c1-16(2)24-21-22-13-18(14-23-21)20(27)25-19-9-6-11-26(15-19)12-10-17-7-4-3-5-8-17/h3-5,7-8,13-14,16,19H,6,9-12,15H2,1-2H3,(H,25,27)(H,22,23,24)/t19-/m0/s1. The Morgan fingerprint density at radius 3 is 2.67 bits per heavy atom. The van der Waals surface area contributed by atoms with Crippen LogP contribution in [0.4, 0.5) is 5.95 Å². The first kappa shape index (κ1) is 19.3. The fourth-order valence-corrected chi connectivity index (χ4v) is 3.36. The van der Waals surface area contributed by atoms with Gasteiger partial charge in [0.15, 0.2) is 0 Å². The van der Waals surface area contributed by atoms with Crippen LogP contribution in [0.5, 0.6) is 0 Å². The van der Waals surface area contributed by atoms with E-state index in [0.717, 1.165) is 38.9 Å². The lowest BCUT2D eigenvalue weighted by Crippen LogP contribution is -2.48. The monoisotopic (exact) mass is 367 g/mol. The molecule has 0 saturated carbocycles. The highest BCUT2D eigenvalue weighted by atomic mass is 16.1. The van der Waals surface area contributed by atoms with Crippen molar-refractivity contribution in [2.24, 2.45) is 0 Å². The van der Waals surface area contributed by atoms with Crippen LogP contribution in [-0.4, -0.2) is 52.5 Å². The smallest absolute Gasteiger partial charge is 0.254 e. The van der Waals surface area contributed by atoms with E-state index in [9.17, 15) is 4.79 Å². The van der Waals surface area contributed by atoms with Crippen LogP contribution >= 0.6 is 0 Å². The second-order valence-electron chi connectivity index (χ2n) is 7.44. The van der Waals surface area contributed by atoms with Gasteiger partial charge in [0.2, 0.25) is 5.95 Å².